The number of rotatable bonds is 2. The van der Waals surface area contributed by atoms with Crippen molar-refractivity contribution < 1.29 is 9.90 Å². The molecule has 0 atom stereocenters. The molecule has 5 nitrogen and oxygen atoms in total. The number of carbonyl (C=O) groups is 1. The highest BCUT2D eigenvalue weighted by Crippen LogP contribution is 2.14. The summed E-state index contributed by atoms with van der Waals surface area (Å²) in [5.74, 6) is -0.294. The van der Waals surface area contributed by atoms with E-state index in [-0.39, 0.29) is 5.69 Å². The lowest BCUT2D eigenvalue weighted by Gasteiger charge is -2.02. The molecule has 14 heavy (non-hydrogen) atoms. The van der Waals surface area contributed by atoms with Gasteiger partial charge in [-0.05, 0) is 18.6 Å². The number of nitrogens with one attached hydrogen (secondary N) is 1. The lowest BCUT2D eigenvalue weighted by Crippen LogP contribution is -2.07. The van der Waals surface area contributed by atoms with Crippen LogP contribution in [0.1, 0.15) is 16.1 Å². The standard InChI is InChI=1S/C9H9N3O2/c1-6-3-5-12(8(6)9(13)14)7-2-4-10-11-7/h2-5H,1H3,(H,10,11)(H,13,14). The molecular formula is C9H9N3O2. The van der Waals surface area contributed by atoms with Crippen LogP contribution in [0.3, 0.4) is 0 Å². The van der Waals surface area contributed by atoms with E-state index in [4.69, 9.17) is 5.11 Å². The molecule has 0 spiro atoms. The number of hydrogen-bond donors (Lipinski definition) is 2. The molecule has 0 saturated carbocycles. The fourth-order valence-corrected chi connectivity index (χ4v) is 1.38. The average molecular weight is 191 g/mol. The zero-order valence-corrected chi connectivity index (χ0v) is 7.56. The lowest BCUT2D eigenvalue weighted by molar-refractivity contribution is 0.0687. The van der Waals surface area contributed by atoms with Gasteiger partial charge in [0.2, 0.25) is 0 Å². The highest BCUT2D eigenvalue weighted by Gasteiger charge is 2.14. The molecule has 5 heteroatoms. The van der Waals surface area contributed by atoms with Crippen molar-refractivity contribution in [1.29, 1.82) is 0 Å². The van der Waals surface area contributed by atoms with Crippen molar-refractivity contribution in [2.24, 2.45) is 0 Å². The first-order valence-electron chi connectivity index (χ1n) is 4.11. The zero-order chi connectivity index (χ0) is 10.1. The molecule has 0 unspecified atom stereocenters. The second-order valence-electron chi connectivity index (χ2n) is 2.96. The molecule has 2 rings (SSSR count). The highest BCUT2D eigenvalue weighted by atomic mass is 16.4. The van der Waals surface area contributed by atoms with E-state index in [1.165, 1.54) is 0 Å². The summed E-state index contributed by atoms with van der Waals surface area (Å²) in [7, 11) is 0. The quantitative estimate of drug-likeness (QED) is 0.749. The van der Waals surface area contributed by atoms with E-state index in [1.54, 1.807) is 36.0 Å². The van der Waals surface area contributed by atoms with Crippen LogP contribution in [-0.2, 0) is 0 Å². The molecular weight excluding hydrogens is 182 g/mol. The molecule has 0 aliphatic carbocycles. The van der Waals surface area contributed by atoms with Crippen molar-refractivity contribution in [3.63, 3.8) is 0 Å². The fourth-order valence-electron chi connectivity index (χ4n) is 1.38. The minimum Gasteiger partial charge on any atom is -0.477 e. The molecule has 0 fully saturated rings. The van der Waals surface area contributed by atoms with Crippen molar-refractivity contribution in [2.45, 2.75) is 6.92 Å². The van der Waals surface area contributed by atoms with Gasteiger partial charge in [0.1, 0.15) is 11.5 Å². The molecule has 0 saturated heterocycles. The first-order chi connectivity index (χ1) is 6.70. The Balaban J connectivity index is 2.60. The number of aromatic carboxylic acids is 1. The van der Waals surface area contributed by atoms with Crippen molar-refractivity contribution in [3.05, 3.63) is 35.8 Å². The predicted molar refractivity (Wildman–Crippen MR) is 49.6 cm³/mol. The number of aromatic amines is 1. The number of H-pyrrole nitrogens is 1. The van der Waals surface area contributed by atoms with Gasteiger partial charge in [-0.15, -0.1) is 0 Å². The Morgan fingerprint density at radius 3 is 2.93 bits per heavy atom. The molecule has 2 N–H and O–H groups in total. The summed E-state index contributed by atoms with van der Waals surface area (Å²) in [6.07, 6.45) is 3.28. The predicted octanol–water partition coefficient (Wildman–Crippen LogP) is 1.21. The second-order valence-corrected chi connectivity index (χ2v) is 2.96. The number of aromatic nitrogens is 3. The maximum atomic E-state index is 10.9. The summed E-state index contributed by atoms with van der Waals surface area (Å²) in [6, 6.07) is 3.47. The molecule has 72 valence electrons. The van der Waals surface area contributed by atoms with E-state index in [9.17, 15) is 4.79 Å². The van der Waals surface area contributed by atoms with Crippen LogP contribution in [0.4, 0.5) is 0 Å². The number of carboxylic acids is 1. The Hall–Kier alpha value is -2.04. The summed E-state index contributed by atoms with van der Waals surface area (Å²) < 4.78 is 1.56. The second kappa shape index (κ2) is 3.02. The number of carboxylic acid groups (broad SMARTS) is 1. The van der Waals surface area contributed by atoms with Crippen LogP contribution in [0.2, 0.25) is 0 Å². The molecule has 0 aromatic carbocycles. The van der Waals surface area contributed by atoms with Gasteiger partial charge in [0.25, 0.3) is 0 Å². The molecule has 0 aliphatic heterocycles. The van der Waals surface area contributed by atoms with Gasteiger partial charge in [-0.2, -0.15) is 5.10 Å². The Bertz CT molecular complexity index is 456. The van der Waals surface area contributed by atoms with Crippen LogP contribution in [0.15, 0.2) is 24.5 Å². The summed E-state index contributed by atoms with van der Waals surface area (Å²) >= 11 is 0. The Kier molecular flexibility index (Phi) is 1.85. The average Bonchev–Trinajstić information content (AvgIpc) is 2.70. The third kappa shape index (κ3) is 1.19. The third-order valence-corrected chi connectivity index (χ3v) is 2.04. The Morgan fingerprint density at radius 1 is 1.57 bits per heavy atom. The summed E-state index contributed by atoms with van der Waals surface area (Å²) in [6.45, 7) is 1.76. The molecule has 2 heterocycles. The molecule has 0 bridgehead atoms. The Morgan fingerprint density at radius 2 is 2.36 bits per heavy atom. The van der Waals surface area contributed by atoms with Crippen LogP contribution < -0.4 is 0 Å². The lowest BCUT2D eigenvalue weighted by atomic mass is 10.3. The minimum absolute atomic E-state index is 0.259. The van der Waals surface area contributed by atoms with Crippen LogP contribution >= 0.6 is 0 Å². The van der Waals surface area contributed by atoms with Gasteiger partial charge in [-0.3, -0.25) is 9.67 Å². The van der Waals surface area contributed by atoms with Gasteiger partial charge >= 0.3 is 5.97 Å². The smallest absolute Gasteiger partial charge is 0.353 e. The van der Waals surface area contributed by atoms with Gasteiger partial charge in [0.05, 0.1) is 6.20 Å². The summed E-state index contributed by atoms with van der Waals surface area (Å²) in [5.41, 5.74) is 0.987. The van der Waals surface area contributed by atoms with E-state index in [2.05, 4.69) is 10.2 Å². The largest absolute Gasteiger partial charge is 0.477 e. The highest BCUT2D eigenvalue weighted by molar-refractivity contribution is 5.88. The summed E-state index contributed by atoms with van der Waals surface area (Å²) in [4.78, 5) is 10.9. The van der Waals surface area contributed by atoms with E-state index in [0.29, 0.717) is 5.82 Å². The monoisotopic (exact) mass is 191 g/mol. The molecule has 2 aromatic rings. The Labute approximate surface area is 80.0 Å². The normalized spacial score (nSPS) is 10.4. The van der Waals surface area contributed by atoms with Crippen LogP contribution in [0, 0.1) is 6.92 Å². The van der Waals surface area contributed by atoms with Crippen molar-refractivity contribution in [2.75, 3.05) is 0 Å². The first kappa shape index (κ1) is 8.55. The van der Waals surface area contributed by atoms with Gasteiger partial charge in [-0.25, -0.2) is 4.79 Å². The van der Waals surface area contributed by atoms with Crippen molar-refractivity contribution in [1.82, 2.24) is 14.8 Å². The molecule has 2 aromatic heterocycles. The molecule has 0 radical (unpaired) electrons. The van der Waals surface area contributed by atoms with E-state index >= 15 is 0 Å². The van der Waals surface area contributed by atoms with Gasteiger partial charge < -0.3 is 5.11 Å². The minimum atomic E-state index is -0.942. The van der Waals surface area contributed by atoms with E-state index in [1.807, 2.05) is 0 Å². The van der Waals surface area contributed by atoms with Gasteiger partial charge in [0, 0.05) is 12.3 Å². The van der Waals surface area contributed by atoms with Crippen molar-refractivity contribution >= 4 is 5.97 Å². The third-order valence-electron chi connectivity index (χ3n) is 2.04. The topological polar surface area (TPSA) is 70.9 Å². The van der Waals surface area contributed by atoms with Crippen molar-refractivity contribution in [3.8, 4) is 5.82 Å². The maximum absolute atomic E-state index is 10.9. The maximum Gasteiger partial charge on any atom is 0.353 e. The molecule has 0 aliphatic rings. The van der Waals surface area contributed by atoms with E-state index < -0.39 is 5.97 Å². The van der Waals surface area contributed by atoms with Crippen LogP contribution in [-0.4, -0.2) is 25.8 Å². The van der Waals surface area contributed by atoms with Crippen LogP contribution in [0.5, 0.6) is 0 Å². The van der Waals surface area contributed by atoms with Gasteiger partial charge in [-0.1, -0.05) is 0 Å². The van der Waals surface area contributed by atoms with E-state index in [0.717, 1.165) is 5.56 Å². The first-order valence-corrected chi connectivity index (χ1v) is 4.11. The van der Waals surface area contributed by atoms with Crippen LogP contribution in [0.25, 0.3) is 5.82 Å². The zero-order valence-electron chi connectivity index (χ0n) is 7.56. The number of hydrogen-bond acceptors (Lipinski definition) is 2. The fraction of sp³-hybridized carbons (Fsp3) is 0.111. The number of nitrogens with zero attached hydrogens (tertiary/aromatic N) is 2. The SMILES string of the molecule is Cc1ccn(-c2ccn[nH]2)c1C(=O)O. The summed E-state index contributed by atoms with van der Waals surface area (Å²) in [5, 5.41) is 15.5. The van der Waals surface area contributed by atoms with Gasteiger partial charge in [0.15, 0.2) is 0 Å². The molecule has 0 amide bonds. The number of aryl methyl sites for hydroxylation is 1.